The minimum atomic E-state index is -0.481. The lowest BCUT2D eigenvalue weighted by atomic mass is 10.2. The number of rotatable bonds is 6. The summed E-state index contributed by atoms with van der Waals surface area (Å²) in [7, 11) is 0. The van der Waals surface area contributed by atoms with Crippen LogP contribution in [0.25, 0.3) is 0 Å². The summed E-state index contributed by atoms with van der Waals surface area (Å²) in [4.78, 5) is 33.7. The normalized spacial score (nSPS) is 10.2. The highest BCUT2D eigenvalue weighted by atomic mass is 16.6. The maximum absolute atomic E-state index is 11.8. The van der Waals surface area contributed by atoms with Gasteiger partial charge in [0.15, 0.2) is 0 Å². The SMILES string of the molecule is O=C(CCn1ccccc1=O)NCc1ccccc1[N+](=O)[O-]. The van der Waals surface area contributed by atoms with Crippen molar-refractivity contribution in [1.29, 1.82) is 0 Å². The molecule has 1 heterocycles. The first-order valence-electron chi connectivity index (χ1n) is 6.72. The number of amides is 1. The third-order valence-corrected chi connectivity index (χ3v) is 3.14. The zero-order valence-electron chi connectivity index (χ0n) is 11.8. The fourth-order valence-electron chi connectivity index (χ4n) is 1.99. The van der Waals surface area contributed by atoms with E-state index in [1.807, 2.05) is 0 Å². The van der Waals surface area contributed by atoms with Gasteiger partial charge in [-0.15, -0.1) is 0 Å². The molecule has 0 aliphatic rings. The molecule has 1 N–H and O–H groups in total. The molecule has 0 bridgehead atoms. The molecule has 0 saturated carbocycles. The summed E-state index contributed by atoms with van der Waals surface area (Å²) in [5.74, 6) is -0.270. The summed E-state index contributed by atoms with van der Waals surface area (Å²) in [6.45, 7) is 0.349. The van der Waals surface area contributed by atoms with Crippen LogP contribution in [0.5, 0.6) is 0 Å². The predicted octanol–water partition coefficient (Wildman–Crippen LogP) is 1.46. The molecule has 114 valence electrons. The van der Waals surface area contributed by atoms with Crippen LogP contribution in [0.1, 0.15) is 12.0 Å². The molecule has 2 rings (SSSR count). The van der Waals surface area contributed by atoms with E-state index in [1.165, 1.54) is 16.7 Å². The summed E-state index contributed by atoms with van der Waals surface area (Å²) < 4.78 is 1.44. The molecule has 22 heavy (non-hydrogen) atoms. The van der Waals surface area contributed by atoms with Crippen LogP contribution in [-0.4, -0.2) is 15.4 Å². The molecule has 1 aromatic carbocycles. The molecule has 0 saturated heterocycles. The highest BCUT2D eigenvalue weighted by Crippen LogP contribution is 2.17. The van der Waals surface area contributed by atoms with E-state index in [0.29, 0.717) is 5.56 Å². The minimum Gasteiger partial charge on any atom is -0.352 e. The van der Waals surface area contributed by atoms with Crippen molar-refractivity contribution in [3.8, 4) is 0 Å². The van der Waals surface area contributed by atoms with Gasteiger partial charge in [0.25, 0.3) is 11.2 Å². The van der Waals surface area contributed by atoms with Gasteiger partial charge in [0.1, 0.15) is 0 Å². The predicted molar refractivity (Wildman–Crippen MR) is 80.3 cm³/mol. The molecular weight excluding hydrogens is 286 g/mol. The Labute approximate surface area is 126 Å². The van der Waals surface area contributed by atoms with Crippen LogP contribution in [0.15, 0.2) is 53.5 Å². The van der Waals surface area contributed by atoms with Gasteiger partial charge in [-0.25, -0.2) is 0 Å². The molecule has 0 radical (unpaired) electrons. The fourth-order valence-corrected chi connectivity index (χ4v) is 1.99. The van der Waals surface area contributed by atoms with Crippen molar-refractivity contribution in [3.63, 3.8) is 0 Å². The quantitative estimate of drug-likeness (QED) is 0.645. The van der Waals surface area contributed by atoms with Crippen LogP contribution in [0.3, 0.4) is 0 Å². The van der Waals surface area contributed by atoms with Crippen molar-refractivity contribution >= 4 is 11.6 Å². The summed E-state index contributed by atoms with van der Waals surface area (Å²) in [5.41, 5.74) is 0.244. The van der Waals surface area contributed by atoms with Gasteiger partial charge in [0.2, 0.25) is 5.91 Å². The second-order valence-electron chi connectivity index (χ2n) is 4.64. The summed E-state index contributed by atoms with van der Waals surface area (Å²) >= 11 is 0. The topological polar surface area (TPSA) is 94.2 Å². The van der Waals surface area contributed by atoms with Crippen molar-refractivity contribution in [1.82, 2.24) is 9.88 Å². The Morgan fingerprint density at radius 1 is 1.18 bits per heavy atom. The molecule has 1 aromatic heterocycles. The Kier molecular flexibility index (Phi) is 5.02. The second-order valence-corrected chi connectivity index (χ2v) is 4.64. The minimum absolute atomic E-state index is 0.0259. The summed E-state index contributed by atoms with van der Waals surface area (Å²) in [6, 6.07) is 11.0. The van der Waals surface area contributed by atoms with Gasteiger partial charge in [-0.3, -0.25) is 19.7 Å². The van der Waals surface area contributed by atoms with E-state index in [9.17, 15) is 19.7 Å². The molecule has 0 unspecified atom stereocenters. The molecule has 0 aliphatic carbocycles. The van der Waals surface area contributed by atoms with Crippen molar-refractivity contribution in [3.05, 3.63) is 74.7 Å². The van der Waals surface area contributed by atoms with Gasteiger partial charge in [-0.1, -0.05) is 24.3 Å². The highest BCUT2D eigenvalue weighted by molar-refractivity contribution is 5.75. The summed E-state index contributed by atoms with van der Waals surface area (Å²) in [6.07, 6.45) is 1.74. The Bertz CT molecular complexity index is 739. The van der Waals surface area contributed by atoms with Crippen LogP contribution >= 0.6 is 0 Å². The van der Waals surface area contributed by atoms with Crippen molar-refractivity contribution in [2.45, 2.75) is 19.5 Å². The number of nitrogens with zero attached hydrogens (tertiary/aromatic N) is 2. The third-order valence-electron chi connectivity index (χ3n) is 3.14. The number of hydrogen-bond acceptors (Lipinski definition) is 4. The average Bonchev–Trinajstić information content (AvgIpc) is 2.52. The zero-order valence-corrected chi connectivity index (χ0v) is 11.8. The first-order valence-corrected chi connectivity index (χ1v) is 6.72. The number of aromatic nitrogens is 1. The number of hydrogen-bond donors (Lipinski definition) is 1. The van der Waals surface area contributed by atoms with Gasteiger partial charge in [0, 0.05) is 43.4 Å². The number of para-hydroxylation sites is 1. The van der Waals surface area contributed by atoms with Crippen LogP contribution in [0.4, 0.5) is 5.69 Å². The molecule has 2 aromatic rings. The van der Waals surface area contributed by atoms with E-state index in [1.54, 1.807) is 36.5 Å². The molecule has 1 amide bonds. The van der Waals surface area contributed by atoms with Gasteiger partial charge < -0.3 is 9.88 Å². The van der Waals surface area contributed by atoms with E-state index in [2.05, 4.69) is 5.32 Å². The number of nitro benzene ring substituents is 1. The molecule has 0 fully saturated rings. The van der Waals surface area contributed by atoms with Crippen molar-refractivity contribution in [2.24, 2.45) is 0 Å². The van der Waals surface area contributed by atoms with Crippen LogP contribution in [0, 0.1) is 10.1 Å². The highest BCUT2D eigenvalue weighted by Gasteiger charge is 2.12. The number of carbonyl (C=O) groups is 1. The van der Waals surface area contributed by atoms with Crippen LogP contribution in [0.2, 0.25) is 0 Å². The number of benzene rings is 1. The maximum Gasteiger partial charge on any atom is 0.274 e. The smallest absolute Gasteiger partial charge is 0.274 e. The molecular formula is C15H15N3O4. The number of pyridine rings is 1. The standard InChI is InChI=1S/C15H15N3O4/c19-14(8-10-17-9-4-3-7-15(17)20)16-11-12-5-1-2-6-13(12)18(21)22/h1-7,9H,8,10-11H2,(H,16,19). The van der Waals surface area contributed by atoms with E-state index < -0.39 is 4.92 Å². The lowest BCUT2D eigenvalue weighted by Gasteiger charge is -2.07. The van der Waals surface area contributed by atoms with Gasteiger partial charge in [-0.05, 0) is 6.07 Å². The van der Waals surface area contributed by atoms with Gasteiger partial charge in [-0.2, -0.15) is 0 Å². The Hall–Kier alpha value is -2.96. The van der Waals surface area contributed by atoms with Crippen molar-refractivity contribution < 1.29 is 9.72 Å². The van der Waals surface area contributed by atoms with E-state index in [-0.39, 0.29) is 36.7 Å². The van der Waals surface area contributed by atoms with Gasteiger partial charge in [0.05, 0.1) is 4.92 Å². The second kappa shape index (κ2) is 7.16. The van der Waals surface area contributed by atoms with E-state index in [0.717, 1.165) is 0 Å². The molecule has 0 aliphatic heterocycles. The number of aryl methyl sites for hydroxylation is 1. The van der Waals surface area contributed by atoms with Crippen LogP contribution in [-0.2, 0) is 17.9 Å². The molecule has 7 heteroatoms. The third kappa shape index (κ3) is 4.02. The molecule has 0 spiro atoms. The molecule has 7 nitrogen and oxygen atoms in total. The first-order chi connectivity index (χ1) is 10.6. The number of nitro groups is 1. The summed E-state index contributed by atoms with van der Waals surface area (Å²) in [5, 5.41) is 13.5. The van der Waals surface area contributed by atoms with Crippen molar-refractivity contribution in [2.75, 3.05) is 0 Å². The monoisotopic (exact) mass is 301 g/mol. The number of carbonyl (C=O) groups excluding carboxylic acids is 1. The Balaban J connectivity index is 1.90. The molecule has 0 atom stereocenters. The lowest BCUT2D eigenvalue weighted by Crippen LogP contribution is -2.26. The largest absolute Gasteiger partial charge is 0.352 e. The Morgan fingerprint density at radius 3 is 2.64 bits per heavy atom. The van der Waals surface area contributed by atoms with Crippen LogP contribution < -0.4 is 10.9 Å². The van der Waals surface area contributed by atoms with E-state index in [4.69, 9.17) is 0 Å². The van der Waals surface area contributed by atoms with E-state index >= 15 is 0 Å². The fraction of sp³-hybridized carbons (Fsp3) is 0.200. The first kappa shape index (κ1) is 15.4. The average molecular weight is 301 g/mol. The Morgan fingerprint density at radius 2 is 1.91 bits per heavy atom. The maximum atomic E-state index is 11.8. The number of nitrogens with one attached hydrogen (secondary N) is 1. The van der Waals surface area contributed by atoms with Gasteiger partial charge >= 0.3 is 0 Å². The zero-order chi connectivity index (χ0) is 15.9. The lowest BCUT2D eigenvalue weighted by molar-refractivity contribution is -0.385.